The van der Waals surface area contributed by atoms with Gasteiger partial charge in [-0.1, -0.05) is 11.6 Å². The summed E-state index contributed by atoms with van der Waals surface area (Å²) in [6, 6.07) is 3.89. The van der Waals surface area contributed by atoms with E-state index in [-0.39, 0.29) is 5.91 Å². The number of ether oxygens (including phenoxy) is 1. The summed E-state index contributed by atoms with van der Waals surface area (Å²) in [6.45, 7) is 2.67. The van der Waals surface area contributed by atoms with Gasteiger partial charge in [-0.15, -0.1) is 11.3 Å². The first-order chi connectivity index (χ1) is 9.16. The van der Waals surface area contributed by atoms with Gasteiger partial charge in [-0.2, -0.15) is 0 Å². The van der Waals surface area contributed by atoms with Crippen LogP contribution in [0.3, 0.4) is 0 Å². The predicted molar refractivity (Wildman–Crippen MR) is 77.8 cm³/mol. The Hall–Kier alpha value is -0.620. The second kappa shape index (κ2) is 6.70. The molecule has 1 aliphatic rings. The molecule has 1 atom stereocenters. The van der Waals surface area contributed by atoms with E-state index >= 15 is 0 Å². The molecular formula is C13H19ClN2O2S. The quantitative estimate of drug-likeness (QED) is 0.841. The zero-order chi connectivity index (χ0) is 13.7. The summed E-state index contributed by atoms with van der Waals surface area (Å²) >= 11 is 7.43. The zero-order valence-electron chi connectivity index (χ0n) is 11.0. The van der Waals surface area contributed by atoms with Crippen LogP contribution in [0.4, 0.5) is 0 Å². The topological polar surface area (TPSA) is 50.4 Å². The average Bonchev–Trinajstić information content (AvgIpc) is 3.00. The van der Waals surface area contributed by atoms with Crippen LogP contribution in [0.25, 0.3) is 0 Å². The van der Waals surface area contributed by atoms with E-state index in [0.717, 1.165) is 23.7 Å². The van der Waals surface area contributed by atoms with Crippen LogP contribution in [0.15, 0.2) is 12.1 Å². The molecule has 0 saturated carbocycles. The molecule has 2 rings (SSSR count). The number of carbonyl (C=O) groups is 1. The number of hydrogen-bond donors (Lipinski definition) is 2. The number of carbonyl (C=O) groups excluding carboxylic acids is 1. The van der Waals surface area contributed by atoms with Crippen molar-refractivity contribution in [2.75, 3.05) is 33.4 Å². The lowest BCUT2D eigenvalue weighted by atomic mass is 9.87. The van der Waals surface area contributed by atoms with Gasteiger partial charge < -0.3 is 15.4 Å². The molecule has 4 nitrogen and oxygen atoms in total. The lowest BCUT2D eigenvalue weighted by Gasteiger charge is -2.25. The highest BCUT2D eigenvalue weighted by Crippen LogP contribution is 2.26. The fraction of sp³-hybridized carbons (Fsp3) is 0.615. The molecule has 2 heterocycles. The van der Waals surface area contributed by atoms with Gasteiger partial charge in [0.05, 0.1) is 16.4 Å². The summed E-state index contributed by atoms with van der Waals surface area (Å²) in [5.41, 5.74) is -0.401. The van der Waals surface area contributed by atoms with Crippen LogP contribution in [0, 0.1) is 5.41 Å². The molecule has 0 bridgehead atoms. The summed E-state index contributed by atoms with van der Waals surface area (Å²) in [7, 11) is 1.64. The smallest absolute Gasteiger partial charge is 0.229 e. The van der Waals surface area contributed by atoms with Crippen molar-refractivity contribution >= 4 is 28.8 Å². The molecule has 1 aromatic rings. The number of methoxy groups -OCH3 is 1. The Labute approximate surface area is 122 Å². The van der Waals surface area contributed by atoms with E-state index in [2.05, 4.69) is 10.6 Å². The van der Waals surface area contributed by atoms with E-state index in [1.54, 1.807) is 18.4 Å². The second-order valence-corrected chi connectivity index (χ2v) is 6.65. The largest absolute Gasteiger partial charge is 0.384 e. The van der Waals surface area contributed by atoms with E-state index in [1.807, 2.05) is 12.1 Å². The Morgan fingerprint density at radius 2 is 2.47 bits per heavy atom. The van der Waals surface area contributed by atoms with Crippen molar-refractivity contribution in [2.45, 2.75) is 12.8 Å². The van der Waals surface area contributed by atoms with Crippen molar-refractivity contribution in [3.63, 3.8) is 0 Å². The molecule has 1 amide bonds. The third-order valence-corrected chi connectivity index (χ3v) is 4.72. The SMILES string of the molecule is COCC1(C(=O)NCCc2ccc(Cl)s2)CCNC1. The third kappa shape index (κ3) is 3.69. The minimum Gasteiger partial charge on any atom is -0.384 e. The van der Waals surface area contributed by atoms with E-state index in [1.165, 1.54) is 4.88 Å². The fourth-order valence-corrected chi connectivity index (χ4v) is 3.46. The van der Waals surface area contributed by atoms with Crippen LogP contribution >= 0.6 is 22.9 Å². The number of nitrogens with one attached hydrogen (secondary N) is 2. The summed E-state index contributed by atoms with van der Waals surface area (Å²) in [4.78, 5) is 13.5. The highest BCUT2D eigenvalue weighted by atomic mass is 35.5. The summed E-state index contributed by atoms with van der Waals surface area (Å²) in [6.07, 6.45) is 1.65. The van der Waals surface area contributed by atoms with Crippen LogP contribution < -0.4 is 10.6 Å². The molecule has 106 valence electrons. The minimum atomic E-state index is -0.401. The molecule has 1 aromatic heterocycles. The van der Waals surface area contributed by atoms with Crippen LogP contribution in [0.5, 0.6) is 0 Å². The van der Waals surface area contributed by atoms with Gasteiger partial charge in [0, 0.05) is 25.1 Å². The number of halogens is 1. The second-order valence-electron chi connectivity index (χ2n) is 4.85. The molecule has 0 aliphatic carbocycles. The molecule has 0 aromatic carbocycles. The summed E-state index contributed by atoms with van der Waals surface area (Å²) in [5, 5.41) is 6.25. The van der Waals surface area contributed by atoms with E-state index in [0.29, 0.717) is 19.7 Å². The Balaban J connectivity index is 1.82. The Morgan fingerprint density at radius 1 is 1.63 bits per heavy atom. The van der Waals surface area contributed by atoms with Gasteiger partial charge in [0.2, 0.25) is 5.91 Å². The normalized spacial score (nSPS) is 22.6. The molecule has 1 saturated heterocycles. The van der Waals surface area contributed by atoms with Crippen LogP contribution in [0.1, 0.15) is 11.3 Å². The molecule has 1 fully saturated rings. The van der Waals surface area contributed by atoms with Crippen molar-refractivity contribution in [2.24, 2.45) is 5.41 Å². The van der Waals surface area contributed by atoms with Gasteiger partial charge in [0.1, 0.15) is 0 Å². The highest BCUT2D eigenvalue weighted by molar-refractivity contribution is 7.16. The molecule has 1 unspecified atom stereocenters. The van der Waals surface area contributed by atoms with Crippen molar-refractivity contribution in [1.29, 1.82) is 0 Å². The van der Waals surface area contributed by atoms with Gasteiger partial charge in [-0.3, -0.25) is 4.79 Å². The van der Waals surface area contributed by atoms with Crippen LogP contribution in [0.2, 0.25) is 4.34 Å². The first-order valence-corrected chi connectivity index (χ1v) is 7.58. The van der Waals surface area contributed by atoms with Gasteiger partial charge >= 0.3 is 0 Å². The monoisotopic (exact) mass is 302 g/mol. The minimum absolute atomic E-state index is 0.0852. The van der Waals surface area contributed by atoms with Crippen molar-refractivity contribution < 1.29 is 9.53 Å². The molecular weight excluding hydrogens is 284 g/mol. The Kier molecular flexibility index (Phi) is 5.21. The maximum atomic E-state index is 12.3. The molecule has 0 radical (unpaired) electrons. The third-order valence-electron chi connectivity index (χ3n) is 3.43. The Bertz CT molecular complexity index is 430. The van der Waals surface area contributed by atoms with E-state index < -0.39 is 5.41 Å². The molecule has 2 N–H and O–H groups in total. The number of rotatable bonds is 6. The van der Waals surface area contributed by atoms with Crippen LogP contribution in [-0.4, -0.2) is 39.3 Å². The van der Waals surface area contributed by atoms with Crippen molar-refractivity contribution in [1.82, 2.24) is 10.6 Å². The van der Waals surface area contributed by atoms with E-state index in [9.17, 15) is 4.79 Å². The summed E-state index contributed by atoms with van der Waals surface area (Å²) < 4.78 is 5.99. The number of hydrogen-bond acceptors (Lipinski definition) is 4. The zero-order valence-corrected chi connectivity index (χ0v) is 12.6. The number of thiophene rings is 1. The standard InChI is InChI=1S/C13H19ClN2O2S/c1-18-9-13(5-7-15-8-13)12(17)16-6-4-10-2-3-11(14)19-10/h2-3,15H,4-9H2,1H3,(H,16,17). The fourth-order valence-electron chi connectivity index (χ4n) is 2.38. The van der Waals surface area contributed by atoms with Gasteiger partial charge in [-0.05, 0) is 31.5 Å². The first kappa shape index (κ1) is 14.8. The average molecular weight is 303 g/mol. The molecule has 0 spiro atoms. The summed E-state index contributed by atoms with van der Waals surface area (Å²) in [5.74, 6) is 0.0852. The number of amides is 1. The lowest BCUT2D eigenvalue weighted by Crippen LogP contribution is -2.46. The van der Waals surface area contributed by atoms with Crippen molar-refractivity contribution in [3.8, 4) is 0 Å². The predicted octanol–water partition coefficient (Wildman–Crippen LogP) is 1.69. The lowest BCUT2D eigenvalue weighted by molar-refractivity contribution is -0.132. The molecule has 1 aliphatic heterocycles. The highest BCUT2D eigenvalue weighted by Gasteiger charge is 2.41. The van der Waals surface area contributed by atoms with Crippen LogP contribution in [-0.2, 0) is 16.0 Å². The molecule has 19 heavy (non-hydrogen) atoms. The van der Waals surface area contributed by atoms with Gasteiger partial charge in [-0.25, -0.2) is 0 Å². The molecule has 6 heteroatoms. The Morgan fingerprint density at radius 3 is 3.05 bits per heavy atom. The first-order valence-electron chi connectivity index (χ1n) is 6.38. The maximum absolute atomic E-state index is 12.3. The van der Waals surface area contributed by atoms with Crippen molar-refractivity contribution in [3.05, 3.63) is 21.3 Å². The van der Waals surface area contributed by atoms with E-state index in [4.69, 9.17) is 16.3 Å². The maximum Gasteiger partial charge on any atom is 0.229 e. The van der Waals surface area contributed by atoms with Gasteiger partial charge in [0.15, 0.2) is 0 Å². The van der Waals surface area contributed by atoms with Gasteiger partial charge in [0.25, 0.3) is 0 Å².